The van der Waals surface area contributed by atoms with E-state index in [-0.39, 0.29) is 11.9 Å². The molecular formula is C23H22N2O2. The topological polar surface area (TPSA) is 41.6 Å². The van der Waals surface area contributed by atoms with Gasteiger partial charge in [0.1, 0.15) is 11.8 Å². The number of nitrogens with one attached hydrogen (secondary N) is 1. The van der Waals surface area contributed by atoms with E-state index in [0.29, 0.717) is 0 Å². The number of hydrogen-bond donors (Lipinski definition) is 1. The third-order valence-corrected chi connectivity index (χ3v) is 4.94. The summed E-state index contributed by atoms with van der Waals surface area (Å²) in [7, 11) is 1.62. The smallest absolute Gasteiger partial charge is 0.251 e. The molecular weight excluding hydrogens is 336 g/mol. The van der Waals surface area contributed by atoms with Gasteiger partial charge in [-0.05, 0) is 35.7 Å². The monoisotopic (exact) mass is 358 g/mol. The van der Waals surface area contributed by atoms with Crippen molar-refractivity contribution in [2.45, 2.75) is 12.5 Å². The molecule has 0 aromatic heterocycles. The molecule has 1 atom stereocenters. The third kappa shape index (κ3) is 3.51. The highest BCUT2D eigenvalue weighted by Gasteiger charge is 2.32. The Kier molecular flexibility index (Phi) is 4.79. The van der Waals surface area contributed by atoms with Crippen LogP contribution in [0.2, 0.25) is 0 Å². The fraction of sp³-hybridized carbons (Fsp3) is 0.174. The molecule has 0 fully saturated rings. The van der Waals surface area contributed by atoms with Crippen molar-refractivity contribution in [2.24, 2.45) is 0 Å². The molecule has 136 valence electrons. The highest BCUT2D eigenvalue weighted by Crippen LogP contribution is 2.35. The standard InChI is InChI=1S/C23H22N2O2/c1-27-20-12-7-11-19(16-20)24-23(26)22(18-9-3-2-4-10-18)25-15-14-17-8-5-6-13-21(17)25/h2-13,16,22H,14-15H2,1H3,(H,24,26)/t22-/m0/s1. The molecule has 3 aromatic rings. The van der Waals surface area contributed by atoms with E-state index in [4.69, 9.17) is 4.74 Å². The van der Waals surface area contributed by atoms with Crippen LogP contribution in [0, 0.1) is 0 Å². The van der Waals surface area contributed by atoms with Crippen LogP contribution in [0.5, 0.6) is 5.75 Å². The van der Waals surface area contributed by atoms with Gasteiger partial charge in [0.05, 0.1) is 7.11 Å². The van der Waals surface area contributed by atoms with Crippen LogP contribution in [0.4, 0.5) is 11.4 Å². The Morgan fingerprint density at radius 2 is 1.78 bits per heavy atom. The summed E-state index contributed by atoms with van der Waals surface area (Å²) in [6.07, 6.45) is 0.950. The number of carbonyl (C=O) groups is 1. The van der Waals surface area contributed by atoms with Crippen molar-refractivity contribution in [1.82, 2.24) is 0 Å². The fourth-order valence-electron chi connectivity index (χ4n) is 3.65. The van der Waals surface area contributed by atoms with Crippen molar-refractivity contribution in [3.05, 3.63) is 90.0 Å². The number of amides is 1. The first kappa shape index (κ1) is 17.2. The maximum Gasteiger partial charge on any atom is 0.251 e. The van der Waals surface area contributed by atoms with Crippen molar-refractivity contribution in [3.8, 4) is 5.75 Å². The predicted octanol–water partition coefficient (Wildman–Crippen LogP) is 4.44. The second kappa shape index (κ2) is 7.54. The van der Waals surface area contributed by atoms with Gasteiger partial charge in [-0.3, -0.25) is 4.79 Å². The van der Waals surface area contributed by atoms with Crippen molar-refractivity contribution >= 4 is 17.3 Å². The second-order valence-electron chi connectivity index (χ2n) is 6.61. The van der Waals surface area contributed by atoms with Crippen LogP contribution in [-0.4, -0.2) is 19.6 Å². The zero-order valence-corrected chi connectivity index (χ0v) is 15.3. The first-order chi connectivity index (χ1) is 13.3. The van der Waals surface area contributed by atoms with Crippen LogP contribution in [0.3, 0.4) is 0 Å². The molecule has 1 aliphatic heterocycles. The minimum absolute atomic E-state index is 0.0499. The minimum atomic E-state index is -0.388. The van der Waals surface area contributed by atoms with Crippen molar-refractivity contribution in [2.75, 3.05) is 23.9 Å². The lowest BCUT2D eigenvalue weighted by Crippen LogP contribution is -2.36. The molecule has 1 aliphatic rings. The van der Waals surface area contributed by atoms with Crippen LogP contribution >= 0.6 is 0 Å². The fourth-order valence-corrected chi connectivity index (χ4v) is 3.65. The number of fused-ring (bicyclic) bond motifs is 1. The Hall–Kier alpha value is -3.27. The number of hydrogen-bond acceptors (Lipinski definition) is 3. The first-order valence-electron chi connectivity index (χ1n) is 9.10. The molecule has 0 spiro atoms. The number of ether oxygens (including phenoxy) is 1. The van der Waals surface area contributed by atoms with Gasteiger partial charge in [0, 0.05) is 24.0 Å². The van der Waals surface area contributed by atoms with Gasteiger partial charge in [-0.15, -0.1) is 0 Å². The van der Waals surface area contributed by atoms with Crippen LogP contribution in [-0.2, 0) is 11.2 Å². The van der Waals surface area contributed by atoms with Crippen LogP contribution in [0.1, 0.15) is 17.2 Å². The van der Waals surface area contributed by atoms with Crippen molar-refractivity contribution in [3.63, 3.8) is 0 Å². The van der Waals surface area contributed by atoms with Gasteiger partial charge in [-0.1, -0.05) is 54.6 Å². The van der Waals surface area contributed by atoms with E-state index in [9.17, 15) is 4.79 Å². The molecule has 1 amide bonds. The summed E-state index contributed by atoms with van der Waals surface area (Å²) in [5.41, 5.74) is 4.13. The lowest BCUT2D eigenvalue weighted by Gasteiger charge is -2.30. The van der Waals surface area contributed by atoms with Gasteiger partial charge >= 0.3 is 0 Å². The molecule has 4 nitrogen and oxygen atoms in total. The molecule has 3 aromatic carbocycles. The molecule has 4 heteroatoms. The molecule has 0 bridgehead atoms. The van der Waals surface area contributed by atoms with Crippen LogP contribution < -0.4 is 15.0 Å². The number of rotatable bonds is 5. The largest absolute Gasteiger partial charge is 0.497 e. The normalized spacial score (nSPS) is 13.7. The van der Waals surface area contributed by atoms with Crippen LogP contribution in [0.25, 0.3) is 0 Å². The van der Waals surface area contributed by atoms with Gasteiger partial charge in [0.15, 0.2) is 0 Å². The Morgan fingerprint density at radius 1 is 1.00 bits per heavy atom. The van der Waals surface area contributed by atoms with Crippen LogP contribution in [0.15, 0.2) is 78.9 Å². The first-order valence-corrected chi connectivity index (χ1v) is 9.10. The maximum atomic E-state index is 13.3. The highest BCUT2D eigenvalue weighted by atomic mass is 16.5. The predicted molar refractivity (Wildman–Crippen MR) is 108 cm³/mol. The third-order valence-electron chi connectivity index (χ3n) is 4.94. The number of para-hydroxylation sites is 1. The lowest BCUT2D eigenvalue weighted by atomic mass is 10.0. The number of nitrogens with zero attached hydrogens (tertiary/aromatic N) is 1. The summed E-state index contributed by atoms with van der Waals surface area (Å²) in [6.45, 7) is 0.824. The molecule has 0 aliphatic carbocycles. The molecule has 0 saturated carbocycles. The van der Waals surface area contributed by atoms with Gasteiger partial charge in [-0.25, -0.2) is 0 Å². The quantitative estimate of drug-likeness (QED) is 0.733. The minimum Gasteiger partial charge on any atom is -0.497 e. The second-order valence-corrected chi connectivity index (χ2v) is 6.61. The molecule has 1 heterocycles. The van der Waals surface area contributed by atoms with E-state index in [0.717, 1.165) is 35.7 Å². The Bertz CT molecular complexity index is 940. The summed E-state index contributed by atoms with van der Waals surface area (Å²) in [5, 5.41) is 3.06. The number of carbonyl (C=O) groups excluding carboxylic acids is 1. The molecule has 1 N–H and O–H groups in total. The average molecular weight is 358 g/mol. The van der Waals surface area contributed by atoms with Gasteiger partial charge in [-0.2, -0.15) is 0 Å². The van der Waals surface area contributed by atoms with Gasteiger partial charge in [0.2, 0.25) is 0 Å². The number of anilines is 2. The Balaban J connectivity index is 1.67. The zero-order chi connectivity index (χ0) is 18.6. The van der Waals surface area contributed by atoms with E-state index in [2.05, 4.69) is 28.4 Å². The summed E-state index contributed by atoms with van der Waals surface area (Å²) in [5.74, 6) is 0.668. The summed E-state index contributed by atoms with van der Waals surface area (Å²) in [4.78, 5) is 15.5. The Labute approximate surface area is 159 Å². The van der Waals surface area contributed by atoms with Crippen molar-refractivity contribution in [1.29, 1.82) is 0 Å². The molecule has 0 radical (unpaired) electrons. The molecule has 0 unspecified atom stereocenters. The summed E-state index contributed by atoms with van der Waals surface area (Å²) in [6, 6.07) is 25.3. The van der Waals surface area contributed by atoms with E-state index in [1.807, 2.05) is 60.7 Å². The number of benzene rings is 3. The highest BCUT2D eigenvalue weighted by molar-refractivity contribution is 5.98. The molecule has 27 heavy (non-hydrogen) atoms. The van der Waals surface area contributed by atoms with E-state index >= 15 is 0 Å². The zero-order valence-electron chi connectivity index (χ0n) is 15.3. The maximum absolute atomic E-state index is 13.3. The summed E-state index contributed by atoms with van der Waals surface area (Å²) >= 11 is 0. The SMILES string of the molecule is COc1cccc(NC(=O)[C@H](c2ccccc2)N2CCc3ccccc32)c1. The van der Waals surface area contributed by atoms with Gasteiger partial charge < -0.3 is 15.0 Å². The van der Waals surface area contributed by atoms with E-state index < -0.39 is 0 Å². The lowest BCUT2D eigenvalue weighted by molar-refractivity contribution is -0.117. The van der Waals surface area contributed by atoms with Gasteiger partial charge in [0.25, 0.3) is 5.91 Å². The summed E-state index contributed by atoms with van der Waals surface area (Å²) < 4.78 is 5.27. The Morgan fingerprint density at radius 3 is 2.59 bits per heavy atom. The average Bonchev–Trinajstić information content (AvgIpc) is 3.13. The molecule has 0 saturated heterocycles. The molecule has 4 rings (SSSR count). The van der Waals surface area contributed by atoms with E-state index in [1.54, 1.807) is 7.11 Å². The van der Waals surface area contributed by atoms with E-state index in [1.165, 1.54) is 5.56 Å². The number of methoxy groups -OCH3 is 1. The van der Waals surface area contributed by atoms with Crippen molar-refractivity contribution < 1.29 is 9.53 Å².